The summed E-state index contributed by atoms with van der Waals surface area (Å²) >= 11 is 0.121. The molecule has 182 valence electrons. The van der Waals surface area contributed by atoms with Crippen LogP contribution in [0.2, 0.25) is 0 Å². The Hall–Kier alpha value is -2.70. The van der Waals surface area contributed by atoms with Gasteiger partial charge in [-0.15, -0.1) is 0 Å². The number of amides is 1. The van der Waals surface area contributed by atoms with Crippen LogP contribution in [0, 0.1) is 0 Å². The Morgan fingerprint density at radius 1 is 1.09 bits per heavy atom. The third-order valence-electron chi connectivity index (χ3n) is 4.83. The van der Waals surface area contributed by atoms with Crippen LogP contribution in [0.15, 0.2) is 33.3 Å². The van der Waals surface area contributed by atoms with Crippen molar-refractivity contribution in [2.75, 3.05) is 39.3 Å². The lowest BCUT2D eigenvalue weighted by molar-refractivity contribution is -0.138. The van der Waals surface area contributed by atoms with E-state index in [1.54, 1.807) is 12.1 Å². The number of hydrogen-bond donors (Lipinski definition) is 4. The molecule has 33 heavy (non-hydrogen) atoms. The zero-order valence-corrected chi connectivity index (χ0v) is 19.8. The molecule has 1 amide bonds. The van der Waals surface area contributed by atoms with Crippen molar-refractivity contribution >= 4 is 36.2 Å². The fraction of sp³-hybridized carbons (Fsp3) is 0.524. The maximum absolute atomic E-state index is 13.3. The van der Waals surface area contributed by atoms with Gasteiger partial charge in [-0.3, -0.25) is 30.2 Å². The smallest absolute Gasteiger partial charge is 0.317 e. The topological polar surface area (TPSA) is 122 Å². The predicted octanol–water partition coefficient (Wildman–Crippen LogP) is 1.59. The molecule has 0 unspecified atom stereocenters. The van der Waals surface area contributed by atoms with Crippen molar-refractivity contribution in [1.82, 2.24) is 26.0 Å². The van der Waals surface area contributed by atoms with Crippen molar-refractivity contribution in [3.63, 3.8) is 0 Å². The van der Waals surface area contributed by atoms with Crippen LogP contribution < -0.4 is 16.2 Å². The minimum absolute atomic E-state index is 0.00770. The molecule has 2 rings (SSSR count). The predicted molar refractivity (Wildman–Crippen MR) is 128 cm³/mol. The molecule has 0 saturated carbocycles. The number of hydrogen-bond acceptors (Lipinski definition) is 9. The first-order valence-corrected chi connectivity index (χ1v) is 11.6. The minimum atomic E-state index is -0.853. The number of carbonyl (C=O) groups excluding carboxylic acids is 1. The molecule has 0 saturated heterocycles. The van der Waals surface area contributed by atoms with E-state index < -0.39 is 5.97 Å². The second-order valence-electron chi connectivity index (χ2n) is 7.63. The number of nitrogens with one attached hydrogen (secondary N) is 3. The molecular formula is C21H32FN7O3S. The van der Waals surface area contributed by atoms with Gasteiger partial charge in [-0.05, 0) is 49.7 Å². The summed E-state index contributed by atoms with van der Waals surface area (Å²) in [6.45, 7) is 7.10. The van der Waals surface area contributed by atoms with Crippen LogP contribution in [0.1, 0.15) is 37.8 Å². The molecule has 0 spiro atoms. The highest BCUT2D eigenvalue weighted by molar-refractivity contribution is 7.94. The number of carbonyl (C=O) groups is 2. The SMILES string of the molecule is CCCN(CCN(CCC)CC(=O)NCc1cc(SF)cc(C2=NNC=NN2)c1)CC(=O)O. The summed E-state index contributed by atoms with van der Waals surface area (Å²) in [5.41, 5.74) is 6.77. The molecule has 0 aromatic heterocycles. The Kier molecular flexibility index (Phi) is 11.6. The van der Waals surface area contributed by atoms with Gasteiger partial charge in [0.05, 0.1) is 25.2 Å². The molecular weight excluding hydrogens is 449 g/mol. The maximum Gasteiger partial charge on any atom is 0.317 e. The lowest BCUT2D eigenvalue weighted by Gasteiger charge is -2.26. The van der Waals surface area contributed by atoms with Crippen LogP contribution >= 0.6 is 12.1 Å². The van der Waals surface area contributed by atoms with Gasteiger partial charge >= 0.3 is 5.97 Å². The van der Waals surface area contributed by atoms with E-state index in [0.717, 1.165) is 24.9 Å². The summed E-state index contributed by atoms with van der Waals surface area (Å²) in [6, 6.07) is 5.13. The highest BCUT2D eigenvalue weighted by Gasteiger charge is 2.15. The normalized spacial score (nSPS) is 12.9. The van der Waals surface area contributed by atoms with Crippen LogP contribution in [0.3, 0.4) is 0 Å². The van der Waals surface area contributed by atoms with E-state index >= 15 is 0 Å². The molecule has 0 fully saturated rings. The van der Waals surface area contributed by atoms with Crippen LogP contribution in [-0.2, 0) is 16.1 Å². The Balaban J connectivity index is 1.93. The Morgan fingerprint density at radius 2 is 1.79 bits per heavy atom. The molecule has 1 aromatic carbocycles. The molecule has 0 atom stereocenters. The number of halogens is 1. The third-order valence-corrected chi connectivity index (χ3v) is 5.24. The van der Waals surface area contributed by atoms with Gasteiger partial charge in [-0.25, -0.2) is 0 Å². The van der Waals surface area contributed by atoms with E-state index in [1.165, 1.54) is 6.34 Å². The van der Waals surface area contributed by atoms with Gasteiger partial charge in [-0.1, -0.05) is 13.8 Å². The molecule has 0 bridgehead atoms. The Morgan fingerprint density at radius 3 is 2.36 bits per heavy atom. The number of aliphatic carboxylic acids is 1. The molecule has 4 N–H and O–H groups in total. The number of carboxylic acid groups (broad SMARTS) is 1. The number of hydrazone groups is 2. The number of benzene rings is 1. The minimum Gasteiger partial charge on any atom is -0.480 e. The number of rotatable bonds is 15. The van der Waals surface area contributed by atoms with E-state index in [9.17, 15) is 13.5 Å². The first-order valence-electron chi connectivity index (χ1n) is 10.9. The zero-order chi connectivity index (χ0) is 24.1. The van der Waals surface area contributed by atoms with Crippen LogP contribution in [-0.4, -0.2) is 78.2 Å². The molecule has 1 aromatic rings. The number of amidine groups is 1. The summed E-state index contributed by atoms with van der Waals surface area (Å²) in [4.78, 5) is 27.9. The van der Waals surface area contributed by atoms with Crippen LogP contribution in [0.5, 0.6) is 0 Å². The van der Waals surface area contributed by atoms with Gasteiger partial charge in [0.15, 0.2) is 5.84 Å². The highest BCUT2D eigenvalue weighted by Crippen LogP contribution is 2.22. The standard InChI is InChI=1S/C21H32FN7O3S/c1-3-5-28(7-8-29(6-4-2)14-20(31)32)13-19(30)23-12-16-9-17(11-18(10-16)33-22)21-26-24-15-25-27-21/h9-11,15H,3-8,12-14H2,1-2H3,(H,23,30)(H,24,25)(H,26,27)(H,31,32). The molecule has 1 heterocycles. The lowest BCUT2D eigenvalue weighted by atomic mass is 10.1. The van der Waals surface area contributed by atoms with Crippen molar-refractivity contribution in [3.8, 4) is 0 Å². The molecule has 0 aliphatic carbocycles. The highest BCUT2D eigenvalue weighted by atomic mass is 32.2. The van der Waals surface area contributed by atoms with Gasteiger partial charge < -0.3 is 10.4 Å². The number of nitrogens with zero attached hydrogens (tertiary/aromatic N) is 4. The van der Waals surface area contributed by atoms with Crippen molar-refractivity contribution in [2.24, 2.45) is 10.2 Å². The first-order chi connectivity index (χ1) is 15.9. The van der Waals surface area contributed by atoms with Crippen molar-refractivity contribution in [2.45, 2.75) is 38.1 Å². The van der Waals surface area contributed by atoms with Crippen LogP contribution in [0.4, 0.5) is 3.89 Å². The Labute approximate surface area is 198 Å². The Bertz CT molecular complexity index is 853. The van der Waals surface area contributed by atoms with Crippen molar-refractivity contribution < 1.29 is 18.6 Å². The monoisotopic (exact) mass is 481 g/mol. The molecule has 1 aliphatic heterocycles. The van der Waals surface area contributed by atoms with Crippen LogP contribution in [0.25, 0.3) is 0 Å². The maximum atomic E-state index is 13.3. The van der Waals surface area contributed by atoms with Gasteiger partial charge in [0.25, 0.3) is 0 Å². The van der Waals surface area contributed by atoms with E-state index in [2.05, 4.69) is 26.4 Å². The second kappa shape index (κ2) is 14.4. The van der Waals surface area contributed by atoms with E-state index in [-0.39, 0.29) is 37.7 Å². The summed E-state index contributed by atoms with van der Waals surface area (Å²) in [5.74, 6) is -0.552. The fourth-order valence-corrected chi connectivity index (χ4v) is 3.79. The summed E-state index contributed by atoms with van der Waals surface area (Å²) < 4.78 is 13.3. The van der Waals surface area contributed by atoms with Crippen molar-refractivity contribution in [1.29, 1.82) is 0 Å². The van der Waals surface area contributed by atoms with Crippen molar-refractivity contribution in [3.05, 3.63) is 29.3 Å². The molecule has 0 radical (unpaired) electrons. The zero-order valence-electron chi connectivity index (χ0n) is 19.0. The molecule has 1 aliphatic rings. The lowest BCUT2D eigenvalue weighted by Crippen LogP contribution is -2.42. The molecule has 12 heteroatoms. The largest absolute Gasteiger partial charge is 0.480 e. The van der Waals surface area contributed by atoms with Gasteiger partial charge in [-0.2, -0.15) is 14.1 Å². The average Bonchev–Trinajstić information content (AvgIpc) is 2.81. The van der Waals surface area contributed by atoms with E-state index in [0.29, 0.717) is 35.9 Å². The summed E-state index contributed by atoms with van der Waals surface area (Å²) in [7, 11) is 0. The quantitative estimate of drug-likeness (QED) is 0.298. The second-order valence-corrected chi connectivity index (χ2v) is 8.25. The first kappa shape index (κ1) is 26.6. The summed E-state index contributed by atoms with van der Waals surface area (Å²) in [6.07, 6.45) is 3.14. The van der Waals surface area contributed by atoms with Gasteiger partial charge in [0, 0.05) is 30.1 Å². The molecule has 10 nitrogen and oxygen atoms in total. The fourth-order valence-electron chi connectivity index (χ4n) is 3.42. The summed E-state index contributed by atoms with van der Waals surface area (Å²) in [5, 5.41) is 19.9. The number of carboxylic acids is 1. The van der Waals surface area contributed by atoms with Gasteiger partial charge in [0.1, 0.15) is 6.34 Å². The average molecular weight is 482 g/mol. The van der Waals surface area contributed by atoms with E-state index in [4.69, 9.17) is 5.11 Å². The third kappa shape index (κ3) is 9.76. The van der Waals surface area contributed by atoms with E-state index in [1.807, 2.05) is 29.7 Å². The van der Waals surface area contributed by atoms with Gasteiger partial charge in [0.2, 0.25) is 5.91 Å².